The number of methoxy groups -OCH3 is 2. The van der Waals surface area contributed by atoms with Gasteiger partial charge in [-0.3, -0.25) is 0 Å². The van der Waals surface area contributed by atoms with Gasteiger partial charge in [0.05, 0.1) is 36.7 Å². The molecule has 0 saturated heterocycles. The first-order valence-corrected chi connectivity index (χ1v) is 13.4. The van der Waals surface area contributed by atoms with Crippen LogP contribution in [0.1, 0.15) is 28.7 Å². The molecular formula is C30H26ClN7O2. The number of halogens is 1. The van der Waals surface area contributed by atoms with Gasteiger partial charge in [0.1, 0.15) is 11.2 Å². The Morgan fingerprint density at radius 3 is 2.40 bits per heavy atom. The SMILES string of the molecule is COc1cc2c(cc1OC)C1N(CC2)C(c2nnc(C)c3nn(-c4ccc(Cl)cc4)cc23)=NN1c1ccccc1. The van der Waals surface area contributed by atoms with Crippen LogP contribution in [0.5, 0.6) is 11.5 Å². The molecule has 0 amide bonds. The average molecular weight is 552 g/mol. The van der Waals surface area contributed by atoms with Crippen LogP contribution in [-0.2, 0) is 6.42 Å². The second-order valence-electron chi connectivity index (χ2n) is 9.77. The molecule has 2 aromatic heterocycles. The van der Waals surface area contributed by atoms with E-state index in [4.69, 9.17) is 31.3 Å². The van der Waals surface area contributed by atoms with E-state index in [9.17, 15) is 0 Å². The summed E-state index contributed by atoms with van der Waals surface area (Å²) in [5.74, 6) is 2.16. The van der Waals surface area contributed by atoms with Crippen LogP contribution < -0.4 is 14.5 Å². The van der Waals surface area contributed by atoms with Crippen molar-refractivity contribution < 1.29 is 9.47 Å². The van der Waals surface area contributed by atoms with Crippen LogP contribution in [0.25, 0.3) is 16.6 Å². The van der Waals surface area contributed by atoms with Gasteiger partial charge >= 0.3 is 0 Å². The smallest absolute Gasteiger partial charge is 0.179 e. The zero-order chi connectivity index (χ0) is 27.4. The monoisotopic (exact) mass is 551 g/mol. The highest BCUT2D eigenvalue weighted by molar-refractivity contribution is 6.30. The molecule has 2 aliphatic heterocycles. The molecule has 4 heterocycles. The summed E-state index contributed by atoms with van der Waals surface area (Å²) in [5.41, 5.74) is 6.41. The standard InChI is InChI=1S/C30H26ClN7O2/c1-18-27-24(17-37(34-27)21-11-9-20(31)10-12-21)28(33-32-18)29-35-38(22-7-5-4-6-8-22)30-23-16-26(40-3)25(39-2)15-19(23)13-14-36(29)30/h4-12,15-17,30H,13-14H2,1-3H3. The van der Waals surface area contributed by atoms with Crippen molar-refractivity contribution in [1.29, 1.82) is 0 Å². The highest BCUT2D eigenvalue weighted by Crippen LogP contribution is 2.44. The Labute approximate surface area is 236 Å². The Bertz CT molecular complexity index is 1770. The third kappa shape index (κ3) is 3.84. The van der Waals surface area contributed by atoms with Gasteiger partial charge in [-0.1, -0.05) is 29.8 Å². The lowest BCUT2D eigenvalue weighted by molar-refractivity contribution is 0.311. The molecule has 0 spiro atoms. The van der Waals surface area contributed by atoms with Gasteiger partial charge in [-0.25, -0.2) is 9.69 Å². The fourth-order valence-corrected chi connectivity index (χ4v) is 5.65. The minimum absolute atomic E-state index is 0.189. The second-order valence-corrected chi connectivity index (χ2v) is 10.2. The van der Waals surface area contributed by atoms with Gasteiger partial charge in [-0.15, -0.1) is 10.2 Å². The average Bonchev–Trinajstić information content (AvgIpc) is 3.61. The molecular weight excluding hydrogens is 526 g/mol. The maximum Gasteiger partial charge on any atom is 0.179 e. The molecule has 5 aromatic rings. The van der Waals surface area contributed by atoms with Gasteiger partial charge in [-0.05, 0) is 67.4 Å². The number of aromatic nitrogens is 4. The van der Waals surface area contributed by atoms with Crippen molar-refractivity contribution in [1.82, 2.24) is 24.9 Å². The number of para-hydroxylation sites is 1. The Balaban J connectivity index is 1.40. The number of nitrogens with zero attached hydrogens (tertiary/aromatic N) is 7. The van der Waals surface area contributed by atoms with Gasteiger partial charge in [0.2, 0.25) is 0 Å². The van der Waals surface area contributed by atoms with Crippen molar-refractivity contribution in [3.05, 3.63) is 100 Å². The molecule has 0 radical (unpaired) electrons. The summed E-state index contributed by atoms with van der Waals surface area (Å²) in [4.78, 5) is 2.29. The zero-order valence-corrected chi connectivity index (χ0v) is 23.0. The van der Waals surface area contributed by atoms with Crippen LogP contribution in [0.4, 0.5) is 5.69 Å². The molecule has 9 nitrogen and oxygen atoms in total. The number of fused-ring (bicyclic) bond motifs is 4. The number of rotatable bonds is 5. The van der Waals surface area contributed by atoms with E-state index in [1.807, 2.05) is 60.3 Å². The van der Waals surface area contributed by atoms with Gasteiger partial charge in [0.25, 0.3) is 0 Å². The molecule has 0 N–H and O–H groups in total. The summed E-state index contributed by atoms with van der Waals surface area (Å²) in [5, 5.41) is 22.8. The first-order chi connectivity index (χ1) is 19.6. The van der Waals surface area contributed by atoms with E-state index >= 15 is 0 Å². The summed E-state index contributed by atoms with van der Waals surface area (Å²) >= 11 is 6.12. The van der Waals surface area contributed by atoms with Gasteiger partial charge in [-0.2, -0.15) is 10.2 Å². The van der Waals surface area contributed by atoms with Crippen molar-refractivity contribution in [2.75, 3.05) is 25.8 Å². The van der Waals surface area contributed by atoms with Crippen molar-refractivity contribution in [2.24, 2.45) is 5.10 Å². The number of amidine groups is 1. The largest absolute Gasteiger partial charge is 0.493 e. The minimum Gasteiger partial charge on any atom is -0.493 e. The summed E-state index contributed by atoms with van der Waals surface area (Å²) < 4.78 is 13.1. The first kappa shape index (κ1) is 24.4. The lowest BCUT2D eigenvalue weighted by atomic mass is 9.95. The number of ether oxygens (including phenoxy) is 2. The molecule has 0 fully saturated rings. The molecule has 1 atom stereocenters. The molecule has 1 unspecified atom stereocenters. The van der Waals surface area contributed by atoms with E-state index in [-0.39, 0.29) is 6.17 Å². The third-order valence-electron chi connectivity index (χ3n) is 7.48. The summed E-state index contributed by atoms with van der Waals surface area (Å²) in [6.45, 7) is 2.67. The van der Waals surface area contributed by atoms with Crippen molar-refractivity contribution in [3.8, 4) is 17.2 Å². The fraction of sp³-hybridized carbons (Fsp3) is 0.200. The quantitative estimate of drug-likeness (QED) is 0.284. The normalized spacial score (nSPS) is 16.1. The van der Waals surface area contributed by atoms with E-state index in [0.717, 1.165) is 58.1 Å². The van der Waals surface area contributed by atoms with Crippen LogP contribution in [0.15, 0.2) is 78.0 Å². The van der Waals surface area contributed by atoms with E-state index in [1.165, 1.54) is 5.56 Å². The minimum atomic E-state index is -0.189. The number of hydrogen-bond acceptors (Lipinski definition) is 8. The maximum atomic E-state index is 6.12. The maximum absolute atomic E-state index is 6.12. The summed E-state index contributed by atoms with van der Waals surface area (Å²) in [7, 11) is 3.32. The van der Waals surface area contributed by atoms with Gasteiger partial charge in [0, 0.05) is 23.3 Å². The lowest BCUT2D eigenvalue weighted by Gasteiger charge is -2.37. The number of hydrogen-bond donors (Lipinski definition) is 0. The van der Waals surface area contributed by atoms with Crippen LogP contribution in [0.2, 0.25) is 5.02 Å². The van der Waals surface area contributed by atoms with E-state index in [0.29, 0.717) is 16.5 Å². The lowest BCUT2D eigenvalue weighted by Crippen LogP contribution is -2.41. The van der Waals surface area contributed by atoms with E-state index < -0.39 is 0 Å². The first-order valence-electron chi connectivity index (χ1n) is 13.0. The number of anilines is 1. The van der Waals surface area contributed by atoms with Crippen LogP contribution >= 0.6 is 11.6 Å². The molecule has 10 heteroatoms. The fourth-order valence-electron chi connectivity index (χ4n) is 5.52. The molecule has 0 saturated carbocycles. The second kappa shape index (κ2) is 9.53. The van der Waals surface area contributed by atoms with E-state index in [1.54, 1.807) is 14.2 Å². The molecule has 7 rings (SSSR count). The topological polar surface area (TPSA) is 80.9 Å². The summed E-state index contributed by atoms with van der Waals surface area (Å²) in [6, 6.07) is 21.9. The Morgan fingerprint density at radius 1 is 0.900 bits per heavy atom. The van der Waals surface area contributed by atoms with Crippen molar-refractivity contribution in [2.45, 2.75) is 19.5 Å². The number of benzene rings is 3. The Hall–Kier alpha value is -4.63. The Morgan fingerprint density at radius 2 is 1.65 bits per heavy atom. The van der Waals surface area contributed by atoms with Crippen LogP contribution in [0.3, 0.4) is 0 Å². The molecule has 200 valence electrons. The number of hydrazone groups is 1. The third-order valence-corrected chi connectivity index (χ3v) is 7.73. The molecule has 3 aromatic carbocycles. The van der Waals surface area contributed by atoms with Crippen molar-refractivity contribution in [3.63, 3.8) is 0 Å². The molecule has 40 heavy (non-hydrogen) atoms. The van der Waals surface area contributed by atoms with Gasteiger partial charge < -0.3 is 14.4 Å². The van der Waals surface area contributed by atoms with Crippen LogP contribution in [-0.4, -0.2) is 51.5 Å². The number of aryl methyl sites for hydroxylation is 1. The Kier molecular flexibility index (Phi) is 5.82. The molecule has 2 aliphatic rings. The highest BCUT2D eigenvalue weighted by Gasteiger charge is 2.42. The highest BCUT2D eigenvalue weighted by atomic mass is 35.5. The molecule has 0 bridgehead atoms. The van der Waals surface area contributed by atoms with E-state index in [2.05, 4.69) is 44.4 Å². The molecule has 0 aliphatic carbocycles. The predicted octanol–water partition coefficient (Wildman–Crippen LogP) is 5.53. The van der Waals surface area contributed by atoms with Gasteiger partial charge in [0.15, 0.2) is 23.5 Å². The van der Waals surface area contributed by atoms with Crippen molar-refractivity contribution >= 4 is 34.0 Å². The summed E-state index contributed by atoms with van der Waals surface area (Å²) in [6.07, 6.45) is 2.62. The van der Waals surface area contributed by atoms with Crippen LogP contribution in [0, 0.1) is 6.92 Å². The predicted molar refractivity (Wildman–Crippen MR) is 155 cm³/mol. The zero-order valence-electron chi connectivity index (χ0n) is 22.2.